The number of benzene rings is 1. The van der Waals surface area contributed by atoms with Crippen molar-refractivity contribution in [1.29, 1.82) is 5.26 Å². The number of nitriles is 1. The summed E-state index contributed by atoms with van der Waals surface area (Å²) in [5, 5.41) is 24.6. The van der Waals surface area contributed by atoms with Crippen LogP contribution in [-0.4, -0.2) is 41.8 Å². The van der Waals surface area contributed by atoms with E-state index in [0.717, 1.165) is 0 Å². The summed E-state index contributed by atoms with van der Waals surface area (Å²) in [4.78, 5) is 29.5. The molecule has 30 heavy (non-hydrogen) atoms. The van der Waals surface area contributed by atoms with Gasteiger partial charge in [-0.2, -0.15) is 5.26 Å². The zero-order valence-corrected chi connectivity index (χ0v) is 17.4. The van der Waals surface area contributed by atoms with E-state index >= 15 is 0 Å². The van der Waals surface area contributed by atoms with Crippen LogP contribution < -0.4 is 10.1 Å². The van der Waals surface area contributed by atoms with Crippen LogP contribution in [0.15, 0.2) is 40.9 Å². The number of thiazole rings is 1. The molecular weight excluding hydrogens is 406 g/mol. The number of hydrogen-bond donors (Lipinski definition) is 2. The Bertz CT molecular complexity index is 1100. The maximum absolute atomic E-state index is 13.0. The average molecular weight is 425 g/mol. The van der Waals surface area contributed by atoms with E-state index in [-0.39, 0.29) is 29.1 Å². The number of methoxy groups -OCH3 is 1. The number of aromatic nitrogens is 1. The molecular formula is C21H19N3O5S. The molecule has 1 aliphatic rings. The molecule has 2 heterocycles. The predicted octanol–water partition coefficient (Wildman–Crippen LogP) is 2.83. The van der Waals surface area contributed by atoms with Crippen LogP contribution in [0.25, 0.3) is 11.3 Å². The number of aliphatic carboxylic acids is 1. The molecule has 0 bridgehead atoms. The van der Waals surface area contributed by atoms with Gasteiger partial charge in [0.1, 0.15) is 10.8 Å². The van der Waals surface area contributed by atoms with Crippen LogP contribution >= 0.6 is 11.3 Å². The molecule has 154 valence electrons. The number of hydrogen-bond acceptors (Lipinski definition) is 8. The van der Waals surface area contributed by atoms with E-state index in [1.807, 2.05) is 6.07 Å². The number of carboxylic acids is 1. The highest BCUT2D eigenvalue weighted by atomic mass is 32.1. The normalized spacial score (nSPS) is 16.0. The van der Waals surface area contributed by atoms with E-state index in [1.165, 1.54) is 24.5 Å². The van der Waals surface area contributed by atoms with Crippen LogP contribution in [0.5, 0.6) is 5.75 Å². The Kier molecular flexibility index (Phi) is 6.18. The molecule has 2 N–H and O–H groups in total. The lowest BCUT2D eigenvalue weighted by atomic mass is 9.84. The van der Waals surface area contributed by atoms with Crippen LogP contribution in [0, 0.1) is 11.3 Å². The number of dihydropyridines is 1. The molecule has 0 spiro atoms. The zero-order valence-electron chi connectivity index (χ0n) is 16.6. The van der Waals surface area contributed by atoms with Gasteiger partial charge in [-0.15, -0.1) is 11.3 Å². The van der Waals surface area contributed by atoms with E-state index in [4.69, 9.17) is 9.47 Å². The van der Waals surface area contributed by atoms with Gasteiger partial charge in [0, 0.05) is 22.7 Å². The lowest BCUT2D eigenvalue weighted by molar-refractivity contribution is -0.137. The first-order valence-electron chi connectivity index (χ1n) is 9.07. The van der Waals surface area contributed by atoms with Crippen LogP contribution in [0.4, 0.5) is 0 Å². The number of carbonyl (C=O) groups excluding carboxylic acids is 1. The van der Waals surface area contributed by atoms with Crippen LogP contribution in [0.1, 0.15) is 30.0 Å². The first kappa shape index (κ1) is 21.1. The van der Waals surface area contributed by atoms with Crippen molar-refractivity contribution in [2.45, 2.75) is 19.9 Å². The number of carboxylic acid groups (broad SMARTS) is 1. The fraction of sp³-hybridized carbons (Fsp3) is 0.238. The van der Waals surface area contributed by atoms with Crippen LogP contribution in [-0.2, 0) is 14.3 Å². The number of ether oxygens (including phenoxy) is 2. The highest BCUT2D eigenvalue weighted by Gasteiger charge is 2.37. The van der Waals surface area contributed by atoms with E-state index in [9.17, 15) is 20.0 Å². The summed E-state index contributed by atoms with van der Waals surface area (Å²) in [6.07, 6.45) is 1.60. The Morgan fingerprint density at radius 1 is 1.40 bits per heavy atom. The molecule has 1 unspecified atom stereocenters. The smallest absolute Gasteiger partial charge is 0.341 e. The topological polar surface area (TPSA) is 122 Å². The molecule has 0 aliphatic carbocycles. The van der Waals surface area contributed by atoms with Gasteiger partial charge in [-0.25, -0.2) is 14.6 Å². The standard InChI is InChI=1S/C21H19N3O5S/c1-4-29-21(27)17-16(13-6-5-12(10-22)9-14(13)28-3)15(20(25)26)11(2)24-18(17)19-23-7-8-30-19/h5-9,11,24H,4H2,1-3H3,(H,25,26). The molecule has 9 heteroatoms. The number of nitrogens with one attached hydrogen (secondary N) is 1. The van der Waals surface area contributed by atoms with Crippen molar-refractivity contribution in [2.24, 2.45) is 0 Å². The van der Waals surface area contributed by atoms with Gasteiger partial charge >= 0.3 is 11.9 Å². The Morgan fingerprint density at radius 2 is 2.17 bits per heavy atom. The third kappa shape index (κ3) is 3.77. The Morgan fingerprint density at radius 3 is 2.73 bits per heavy atom. The van der Waals surface area contributed by atoms with Crippen molar-refractivity contribution in [3.63, 3.8) is 0 Å². The van der Waals surface area contributed by atoms with Crippen LogP contribution in [0.2, 0.25) is 0 Å². The third-order valence-electron chi connectivity index (χ3n) is 4.52. The quantitative estimate of drug-likeness (QED) is 0.678. The molecule has 1 aromatic heterocycles. The Hall–Kier alpha value is -3.64. The fourth-order valence-electron chi connectivity index (χ4n) is 3.30. The van der Waals surface area contributed by atoms with E-state index in [1.54, 1.807) is 37.6 Å². The lowest BCUT2D eigenvalue weighted by Gasteiger charge is -2.29. The minimum Gasteiger partial charge on any atom is -0.496 e. The Labute approximate surface area is 177 Å². The summed E-state index contributed by atoms with van der Waals surface area (Å²) in [6, 6.07) is 6.01. The summed E-state index contributed by atoms with van der Waals surface area (Å²) in [6.45, 7) is 3.47. The largest absolute Gasteiger partial charge is 0.496 e. The SMILES string of the molecule is CCOC(=O)C1=C(c2nccs2)NC(C)C(C(=O)O)=C1c1ccc(C#N)cc1OC. The van der Waals surface area contributed by atoms with Gasteiger partial charge in [0.25, 0.3) is 0 Å². The molecule has 1 aromatic carbocycles. The fourth-order valence-corrected chi connectivity index (χ4v) is 3.95. The second-order valence-electron chi connectivity index (χ2n) is 6.29. The van der Waals surface area contributed by atoms with Crippen molar-refractivity contribution in [2.75, 3.05) is 13.7 Å². The van der Waals surface area contributed by atoms with Gasteiger partial charge in [0.2, 0.25) is 0 Å². The van der Waals surface area contributed by atoms with Crippen molar-refractivity contribution < 1.29 is 24.2 Å². The molecule has 0 saturated heterocycles. The van der Waals surface area contributed by atoms with E-state index in [0.29, 0.717) is 21.8 Å². The molecule has 1 aliphatic heterocycles. The number of rotatable bonds is 6. The summed E-state index contributed by atoms with van der Waals surface area (Å²) in [7, 11) is 1.42. The highest BCUT2D eigenvalue weighted by molar-refractivity contribution is 7.10. The van der Waals surface area contributed by atoms with Gasteiger partial charge in [0.05, 0.1) is 48.2 Å². The zero-order chi connectivity index (χ0) is 21.8. The molecule has 0 amide bonds. The van der Waals surface area contributed by atoms with Crippen molar-refractivity contribution >= 4 is 34.5 Å². The van der Waals surface area contributed by atoms with E-state index in [2.05, 4.69) is 10.3 Å². The number of esters is 1. The Balaban J connectivity index is 2.41. The summed E-state index contributed by atoms with van der Waals surface area (Å²) >= 11 is 1.31. The molecule has 8 nitrogen and oxygen atoms in total. The first-order chi connectivity index (χ1) is 14.4. The maximum Gasteiger partial charge on any atom is 0.341 e. The van der Waals surface area contributed by atoms with Crippen molar-refractivity contribution in [3.8, 4) is 11.8 Å². The van der Waals surface area contributed by atoms with Crippen LogP contribution in [0.3, 0.4) is 0 Å². The van der Waals surface area contributed by atoms with Gasteiger partial charge < -0.3 is 19.9 Å². The molecule has 3 rings (SSSR count). The minimum absolute atomic E-state index is 0.0126. The third-order valence-corrected chi connectivity index (χ3v) is 5.31. The average Bonchev–Trinajstić information content (AvgIpc) is 3.27. The highest BCUT2D eigenvalue weighted by Crippen LogP contribution is 2.41. The number of carbonyl (C=O) groups is 2. The first-order valence-corrected chi connectivity index (χ1v) is 9.95. The number of nitrogens with zero attached hydrogens (tertiary/aromatic N) is 2. The predicted molar refractivity (Wildman–Crippen MR) is 111 cm³/mol. The van der Waals surface area contributed by atoms with Crippen molar-refractivity contribution in [1.82, 2.24) is 10.3 Å². The van der Waals surface area contributed by atoms with Gasteiger partial charge in [-0.05, 0) is 32.0 Å². The monoisotopic (exact) mass is 425 g/mol. The second kappa shape index (κ2) is 8.80. The molecule has 1 atom stereocenters. The van der Waals surface area contributed by atoms with E-state index < -0.39 is 18.0 Å². The second-order valence-corrected chi connectivity index (χ2v) is 7.19. The molecule has 0 saturated carbocycles. The summed E-state index contributed by atoms with van der Waals surface area (Å²) in [5.74, 6) is -1.59. The molecule has 0 radical (unpaired) electrons. The van der Waals surface area contributed by atoms with Gasteiger partial charge in [0.15, 0.2) is 0 Å². The summed E-state index contributed by atoms with van der Waals surface area (Å²) < 4.78 is 10.7. The van der Waals surface area contributed by atoms with Gasteiger partial charge in [-0.1, -0.05) is 0 Å². The lowest BCUT2D eigenvalue weighted by Crippen LogP contribution is -2.37. The maximum atomic E-state index is 13.0. The molecule has 2 aromatic rings. The van der Waals surface area contributed by atoms with Crippen molar-refractivity contribution in [3.05, 3.63) is 57.1 Å². The van der Waals surface area contributed by atoms with Gasteiger partial charge in [-0.3, -0.25) is 0 Å². The minimum atomic E-state index is -1.18. The molecule has 0 fully saturated rings. The summed E-state index contributed by atoms with van der Waals surface area (Å²) in [5.41, 5.74) is 1.34.